The highest BCUT2D eigenvalue weighted by atomic mass is 16.3. The summed E-state index contributed by atoms with van der Waals surface area (Å²) < 4.78 is 5.77. The summed E-state index contributed by atoms with van der Waals surface area (Å²) in [7, 11) is 1.95. The van der Waals surface area contributed by atoms with Crippen LogP contribution in [-0.4, -0.2) is 49.1 Å². The smallest absolute Gasteiger partial charge is 0.118 e. The number of furan rings is 1. The van der Waals surface area contributed by atoms with Crippen LogP contribution >= 0.6 is 0 Å². The van der Waals surface area contributed by atoms with E-state index in [-0.39, 0.29) is 0 Å². The summed E-state index contributed by atoms with van der Waals surface area (Å²) in [6.07, 6.45) is 1.24. The third-order valence-corrected chi connectivity index (χ3v) is 4.44. The molecule has 0 radical (unpaired) electrons. The van der Waals surface area contributed by atoms with Gasteiger partial charge in [0.2, 0.25) is 0 Å². The molecular weight excluding hydrogens is 250 g/mol. The first-order valence-corrected chi connectivity index (χ1v) is 7.83. The Morgan fingerprint density at radius 1 is 1.30 bits per heavy atom. The van der Waals surface area contributed by atoms with Crippen LogP contribution in [0.1, 0.15) is 37.4 Å². The quantitative estimate of drug-likeness (QED) is 0.865. The van der Waals surface area contributed by atoms with Crippen LogP contribution in [0, 0.1) is 6.92 Å². The highest BCUT2D eigenvalue weighted by molar-refractivity contribution is 5.20. The maximum Gasteiger partial charge on any atom is 0.118 e. The van der Waals surface area contributed by atoms with E-state index >= 15 is 0 Å². The fourth-order valence-electron chi connectivity index (χ4n) is 2.87. The Morgan fingerprint density at radius 3 is 2.60 bits per heavy atom. The molecule has 1 aliphatic rings. The van der Waals surface area contributed by atoms with Gasteiger partial charge in [-0.15, -0.1) is 0 Å². The first kappa shape index (κ1) is 15.5. The Balaban J connectivity index is 1.86. The molecule has 4 heteroatoms. The Kier molecular flexibility index (Phi) is 5.64. The summed E-state index contributed by atoms with van der Waals surface area (Å²) >= 11 is 0. The maximum atomic E-state index is 5.77. The molecule has 1 aromatic heterocycles. The number of piperazine rings is 1. The minimum atomic E-state index is 0.718. The van der Waals surface area contributed by atoms with Crippen LogP contribution in [-0.2, 0) is 13.1 Å². The van der Waals surface area contributed by atoms with Gasteiger partial charge in [0.15, 0.2) is 0 Å². The zero-order chi connectivity index (χ0) is 14.5. The second-order valence-electron chi connectivity index (χ2n) is 5.89. The van der Waals surface area contributed by atoms with Crippen molar-refractivity contribution >= 4 is 0 Å². The molecule has 0 saturated carbocycles. The third-order valence-electron chi connectivity index (χ3n) is 4.44. The van der Waals surface area contributed by atoms with E-state index in [2.05, 4.69) is 42.0 Å². The van der Waals surface area contributed by atoms with E-state index in [1.165, 1.54) is 25.1 Å². The van der Waals surface area contributed by atoms with Crippen molar-refractivity contribution in [3.63, 3.8) is 0 Å². The largest absolute Gasteiger partial charge is 0.465 e. The number of hydrogen-bond donors (Lipinski definition) is 1. The predicted molar refractivity (Wildman–Crippen MR) is 82.8 cm³/mol. The fraction of sp³-hybridized carbons (Fsp3) is 0.750. The first-order valence-electron chi connectivity index (χ1n) is 7.83. The van der Waals surface area contributed by atoms with Crippen molar-refractivity contribution in [3.05, 3.63) is 23.2 Å². The van der Waals surface area contributed by atoms with Crippen molar-refractivity contribution in [1.82, 2.24) is 15.1 Å². The number of hydrogen-bond acceptors (Lipinski definition) is 4. The molecule has 0 amide bonds. The van der Waals surface area contributed by atoms with Crippen LogP contribution < -0.4 is 5.32 Å². The lowest BCUT2D eigenvalue weighted by Crippen LogP contribution is -2.49. The Bertz CT molecular complexity index is 408. The molecule has 4 nitrogen and oxygen atoms in total. The van der Waals surface area contributed by atoms with Crippen LogP contribution in [0.25, 0.3) is 0 Å². The minimum absolute atomic E-state index is 0.718. The van der Waals surface area contributed by atoms with Gasteiger partial charge < -0.3 is 9.73 Å². The van der Waals surface area contributed by atoms with E-state index in [1.54, 1.807) is 0 Å². The van der Waals surface area contributed by atoms with E-state index < -0.39 is 0 Å². The maximum absolute atomic E-state index is 5.77. The predicted octanol–water partition coefficient (Wildman–Crippen LogP) is 2.22. The first-order chi connectivity index (χ1) is 9.63. The highest BCUT2D eigenvalue weighted by Crippen LogP contribution is 2.18. The molecule has 0 aromatic carbocycles. The molecule has 20 heavy (non-hydrogen) atoms. The molecule has 0 spiro atoms. The summed E-state index contributed by atoms with van der Waals surface area (Å²) in [5.41, 5.74) is 1.34. The van der Waals surface area contributed by atoms with E-state index in [0.29, 0.717) is 0 Å². The van der Waals surface area contributed by atoms with Crippen molar-refractivity contribution in [1.29, 1.82) is 0 Å². The lowest BCUT2D eigenvalue weighted by atomic mass is 10.1. The summed E-state index contributed by atoms with van der Waals surface area (Å²) in [5, 5.41) is 3.14. The van der Waals surface area contributed by atoms with Gasteiger partial charge in [-0.25, -0.2) is 0 Å². The Morgan fingerprint density at radius 2 is 2.00 bits per heavy atom. The van der Waals surface area contributed by atoms with Gasteiger partial charge in [-0.3, -0.25) is 9.80 Å². The van der Waals surface area contributed by atoms with Gasteiger partial charge in [0.05, 0.1) is 6.54 Å². The second-order valence-corrected chi connectivity index (χ2v) is 5.89. The van der Waals surface area contributed by atoms with Crippen LogP contribution in [0.3, 0.4) is 0 Å². The summed E-state index contributed by atoms with van der Waals surface area (Å²) in [4.78, 5) is 5.14. The topological polar surface area (TPSA) is 31.6 Å². The molecule has 1 unspecified atom stereocenters. The van der Waals surface area contributed by atoms with Crippen LogP contribution in [0.2, 0.25) is 0 Å². The van der Waals surface area contributed by atoms with Crippen molar-refractivity contribution in [3.8, 4) is 0 Å². The standard InChI is InChI=1S/C16H29N3O/c1-5-13(2)19-8-6-18(7-9-19)12-15-10-16(11-17-4)20-14(15)3/h10,13,17H,5-9,11-12H2,1-4H3. The average molecular weight is 279 g/mol. The minimum Gasteiger partial charge on any atom is -0.465 e. The lowest BCUT2D eigenvalue weighted by molar-refractivity contribution is 0.0961. The average Bonchev–Trinajstić information content (AvgIpc) is 2.79. The summed E-state index contributed by atoms with van der Waals surface area (Å²) in [6, 6.07) is 2.92. The Hall–Kier alpha value is -0.840. The summed E-state index contributed by atoms with van der Waals surface area (Å²) in [5.74, 6) is 2.11. The molecule has 1 atom stereocenters. The van der Waals surface area contributed by atoms with E-state index in [0.717, 1.165) is 43.7 Å². The van der Waals surface area contributed by atoms with Gasteiger partial charge >= 0.3 is 0 Å². The summed E-state index contributed by atoms with van der Waals surface area (Å²) in [6.45, 7) is 13.2. The normalized spacial score (nSPS) is 19.4. The number of aryl methyl sites for hydroxylation is 1. The molecule has 0 bridgehead atoms. The molecule has 1 saturated heterocycles. The van der Waals surface area contributed by atoms with Gasteiger partial charge in [-0.1, -0.05) is 6.92 Å². The van der Waals surface area contributed by atoms with Crippen LogP contribution in [0.5, 0.6) is 0 Å². The zero-order valence-corrected chi connectivity index (χ0v) is 13.4. The van der Waals surface area contributed by atoms with Crippen LogP contribution in [0.15, 0.2) is 10.5 Å². The number of nitrogens with one attached hydrogen (secondary N) is 1. The van der Waals surface area contributed by atoms with Crippen molar-refractivity contribution in [2.24, 2.45) is 0 Å². The molecule has 114 valence electrons. The number of nitrogens with zero attached hydrogens (tertiary/aromatic N) is 2. The van der Waals surface area contributed by atoms with E-state index in [9.17, 15) is 0 Å². The van der Waals surface area contributed by atoms with Gasteiger partial charge in [0.25, 0.3) is 0 Å². The molecule has 1 fully saturated rings. The molecule has 1 aromatic rings. The van der Waals surface area contributed by atoms with Gasteiger partial charge in [0.1, 0.15) is 11.5 Å². The second kappa shape index (κ2) is 7.25. The SMILES string of the molecule is CCC(C)N1CCN(Cc2cc(CNC)oc2C)CC1. The van der Waals surface area contributed by atoms with Crippen molar-refractivity contribution in [2.45, 2.75) is 46.3 Å². The van der Waals surface area contributed by atoms with E-state index in [1.807, 2.05) is 7.05 Å². The fourth-order valence-corrected chi connectivity index (χ4v) is 2.87. The molecule has 2 heterocycles. The van der Waals surface area contributed by atoms with Gasteiger partial charge in [-0.05, 0) is 33.4 Å². The van der Waals surface area contributed by atoms with E-state index in [4.69, 9.17) is 4.42 Å². The number of rotatable bonds is 6. The van der Waals surface area contributed by atoms with Crippen molar-refractivity contribution < 1.29 is 4.42 Å². The highest BCUT2D eigenvalue weighted by Gasteiger charge is 2.21. The van der Waals surface area contributed by atoms with Gasteiger partial charge in [-0.2, -0.15) is 0 Å². The Labute approximate surface area is 123 Å². The lowest BCUT2D eigenvalue weighted by Gasteiger charge is -2.37. The molecule has 0 aliphatic carbocycles. The molecular formula is C16H29N3O. The van der Waals surface area contributed by atoms with Gasteiger partial charge in [0, 0.05) is 44.3 Å². The molecule has 1 aliphatic heterocycles. The molecule has 2 rings (SSSR count). The monoisotopic (exact) mass is 279 g/mol. The van der Waals surface area contributed by atoms with Crippen LogP contribution in [0.4, 0.5) is 0 Å². The zero-order valence-electron chi connectivity index (χ0n) is 13.4. The molecule has 1 N–H and O–H groups in total. The third kappa shape index (κ3) is 3.84. The van der Waals surface area contributed by atoms with Crippen molar-refractivity contribution in [2.75, 3.05) is 33.2 Å².